The van der Waals surface area contributed by atoms with Crippen molar-refractivity contribution in [3.63, 3.8) is 0 Å². The maximum Gasteiger partial charge on any atom is 0.394 e. The fourth-order valence-corrected chi connectivity index (χ4v) is 2.12. The molecular weight excluding hydrogens is 329 g/mol. The predicted molar refractivity (Wildman–Crippen MR) is 63.9 cm³/mol. The van der Waals surface area contributed by atoms with Crippen molar-refractivity contribution >= 4 is 19.3 Å². The van der Waals surface area contributed by atoms with Crippen LogP contribution in [0.3, 0.4) is 0 Å². The van der Waals surface area contributed by atoms with Crippen LogP contribution in [0.1, 0.15) is 23.3 Å². The first-order chi connectivity index (χ1) is 10.2. The summed E-state index contributed by atoms with van der Waals surface area (Å²) >= 11 is 0. The molecule has 1 saturated heterocycles. The molecule has 1 fully saturated rings. The van der Waals surface area contributed by atoms with Gasteiger partial charge in [-0.05, 0) is 0 Å². The van der Waals surface area contributed by atoms with Crippen molar-refractivity contribution in [1.82, 2.24) is 14.8 Å². The van der Waals surface area contributed by atoms with E-state index in [1.165, 1.54) is 0 Å². The number of alkyl halides is 2. The number of halogens is 2. The van der Waals surface area contributed by atoms with Crippen LogP contribution in [0.25, 0.3) is 0 Å². The Balaban J connectivity index is 1.98. The molecule has 3 N–H and O–H groups in total. The smallest absolute Gasteiger partial charge is 0.363 e. The third kappa shape index (κ3) is 3.53. The van der Waals surface area contributed by atoms with Crippen molar-refractivity contribution in [3.05, 3.63) is 12.2 Å². The van der Waals surface area contributed by atoms with Gasteiger partial charge in [0.25, 0.3) is 5.91 Å². The zero-order chi connectivity index (χ0) is 16.5. The van der Waals surface area contributed by atoms with E-state index in [4.69, 9.17) is 15.4 Å². The zero-order valence-electron chi connectivity index (χ0n) is 10.8. The Kier molecular flexibility index (Phi) is 4.66. The number of nitrogens with zero attached hydrogens (tertiary/aromatic N) is 3. The van der Waals surface area contributed by atoms with Gasteiger partial charge in [0.15, 0.2) is 12.0 Å². The Bertz CT molecular complexity index is 637. The van der Waals surface area contributed by atoms with Crippen LogP contribution < -0.4 is 5.73 Å². The Hall–Kier alpha value is -1.75. The summed E-state index contributed by atoms with van der Waals surface area (Å²) in [4.78, 5) is 34.9. The quantitative estimate of drug-likeness (QED) is 0.668. The van der Waals surface area contributed by atoms with Crippen LogP contribution in [0.2, 0.25) is 0 Å². The average Bonchev–Trinajstić information content (AvgIpc) is 3.03. The molecule has 122 valence electrons. The number of nitrogens with two attached hydrogens (primary N) is 1. The van der Waals surface area contributed by atoms with Gasteiger partial charge in [-0.1, -0.05) is 0 Å². The third-order valence-corrected chi connectivity index (χ3v) is 3.75. The number of carbonyl (C=O) groups is 2. The number of carbonyl (C=O) groups excluding carboxylic acids is 2. The number of primary amides is 1. The van der Waals surface area contributed by atoms with Gasteiger partial charge in [0.1, 0.15) is 12.4 Å². The van der Waals surface area contributed by atoms with Gasteiger partial charge in [-0.3, -0.25) is 14.2 Å². The van der Waals surface area contributed by atoms with Gasteiger partial charge in [-0.15, -0.1) is 5.10 Å². The first-order valence-electron chi connectivity index (χ1n) is 5.85. The Labute approximate surface area is 121 Å². The number of amides is 1. The standard InChI is InChI=1S/C9H11F2N4O6P/c10-9(11)22(18,19)20-2-5-4(16)1-6(21-5)15-3-13-8(14-15)7(12)17/h3,5-6,9H,1-2H2,(H2,12,17)(H,18,19)/t5-,6-/m1/s1. The first kappa shape index (κ1) is 16.6. The molecule has 1 aromatic heterocycles. The first-order valence-corrected chi connectivity index (χ1v) is 7.49. The molecular formula is C9H11F2N4O6P. The molecule has 0 bridgehead atoms. The number of ether oxygens (including phenoxy) is 1. The summed E-state index contributed by atoms with van der Waals surface area (Å²) in [6, 6.07) is 0. The van der Waals surface area contributed by atoms with Crippen LogP contribution in [0.15, 0.2) is 6.33 Å². The maximum atomic E-state index is 12.2. The molecule has 2 rings (SSSR count). The van der Waals surface area contributed by atoms with E-state index in [9.17, 15) is 22.9 Å². The summed E-state index contributed by atoms with van der Waals surface area (Å²) < 4.78 is 45.7. The molecule has 10 nitrogen and oxygen atoms in total. The molecule has 0 radical (unpaired) electrons. The number of rotatable bonds is 6. The summed E-state index contributed by atoms with van der Waals surface area (Å²) in [6.07, 6.45) is -4.90. The van der Waals surface area contributed by atoms with Crippen LogP contribution >= 0.6 is 7.60 Å². The highest BCUT2D eigenvalue weighted by Crippen LogP contribution is 2.49. The second-order valence-corrected chi connectivity index (χ2v) is 6.08. The molecule has 13 heteroatoms. The molecule has 1 aromatic rings. The van der Waals surface area contributed by atoms with Gasteiger partial charge in [0, 0.05) is 0 Å². The molecule has 1 amide bonds. The maximum absolute atomic E-state index is 12.2. The zero-order valence-corrected chi connectivity index (χ0v) is 11.7. The molecule has 22 heavy (non-hydrogen) atoms. The van der Waals surface area contributed by atoms with E-state index >= 15 is 0 Å². The van der Waals surface area contributed by atoms with Crippen molar-refractivity contribution in [3.8, 4) is 0 Å². The van der Waals surface area contributed by atoms with Crippen molar-refractivity contribution < 1.29 is 37.1 Å². The fraction of sp³-hybridized carbons (Fsp3) is 0.556. The monoisotopic (exact) mass is 340 g/mol. The van der Waals surface area contributed by atoms with E-state index in [0.29, 0.717) is 0 Å². The summed E-state index contributed by atoms with van der Waals surface area (Å²) in [7, 11) is -5.11. The summed E-state index contributed by atoms with van der Waals surface area (Å²) in [5.74, 6) is -1.69. The third-order valence-electron chi connectivity index (χ3n) is 2.74. The summed E-state index contributed by atoms with van der Waals surface area (Å²) in [5, 5.41) is 3.69. The highest BCUT2D eigenvalue weighted by atomic mass is 31.2. The number of hydrogen-bond acceptors (Lipinski definition) is 7. The van der Waals surface area contributed by atoms with Crippen LogP contribution in [0, 0.1) is 0 Å². The second kappa shape index (κ2) is 6.16. The van der Waals surface area contributed by atoms with Gasteiger partial charge in [0.2, 0.25) is 5.82 Å². The van der Waals surface area contributed by atoms with E-state index in [1.54, 1.807) is 0 Å². The van der Waals surface area contributed by atoms with Crippen LogP contribution in [0.5, 0.6) is 0 Å². The minimum absolute atomic E-state index is 0.194. The highest BCUT2D eigenvalue weighted by Gasteiger charge is 2.39. The van der Waals surface area contributed by atoms with Gasteiger partial charge in [-0.2, -0.15) is 8.78 Å². The second-order valence-electron chi connectivity index (χ2n) is 4.30. The van der Waals surface area contributed by atoms with E-state index < -0.39 is 44.4 Å². The lowest BCUT2D eigenvalue weighted by molar-refractivity contribution is -0.124. The average molecular weight is 340 g/mol. The van der Waals surface area contributed by atoms with Crippen molar-refractivity contribution in [2.24, 2.45) is 5.73 Å². The Morgan fingerprint density at radius 3 is 2.91 bits per heavy atom. The lowest BCUT2D eigenvalue weighted by Crippen LogP contribution is -2.22. The molecule has 0 aromatic carbocycles. The number of aromatic nitrogens is 3. The van der Waals surface area contributed by atoms with Crippen LogP contribution in [0.4, 0.5) is 8.78 Å². The molecule has 0 spiro atoms. The molecule has 2 heterocycles. The number of Topliss-reactive ketones (excluding diaryl/α,β-unsaturated/α-hetero) is 1. The molecule has 1 aliphatic rings. The molecule has 0 saturated carbocycles. The van der Waals surface area contributed by atoms with Crippen molar-refractivity contribution in [2.75, 3.05) is 6.61 Å². The van der Waals surface area contributed by atoms with Crippen LogP contribution in [-0.4, -0.2) is 50.2 Å². The summed E-state index contributed by atoms with van der Waals surface area (Å²) in [5.41, 5.74) is 4.97. The number of hydrogen-bond donors (Lipinski definition) is 2. The topological polar surface area (TPSA) is 147 Å². The molecule has 3 atom stereocenters. The minimum atomic E-state index is -5.11. The van der Waals surface area contributed by atoms with Crippen molar-refractivity contribution in [2.45, 2.75) is 24.9 Å². The van der Waals surface area contributed by atoms with Gasteiger partial charge in [0.05, 0.1) is 13.0 Å². The van der Waals surface area contributed by atoms with Gasteiger partial charge in [-0.25, -0.2) is 9.67 Å². The minimum Gasteiger partial charge on any atom is -0.363 e. The Morgan fingerprint density at radius 1 is 1.68 bits per heavy atom. The van der Waals surface area contributed by atoms with Gasteiger partial charge < -0.3 is 19.9 Å². The molecule has 1 unspecified atom stereocenters. The predicted octanol–water partition coefficient (Wildman–Crippen LogP) is -0.342. The Morgan fingerprint density at radius 2 is 2.36 bits per heavy atom. The van der Waals surface area contributed by atoms with E-state index in [0.717, 1.165) is 11.0 Å². The molecule has 1 aliphatic heterocycles. The van der Waals surface area contributed by atoms with Gasteiger partial charge >= 0.3 is 13.8 Å². The normalized spacial score (nSPS) is 24.6. The number of ketones is 1. The lowest BCUT2D eigenvalue weighted by Gasteiger charge is -2.15. The van der Waals surface area contributed by atoms with E-state index in [-0.39, 0.29) is 12.2 Å². The van der Waals surface area contributed by atoms with E-state index in [1.807, 2.05) is 0 Å². The van der Waals surface area contributed by atoms with Crippen LogP contribution in [-0.2, 0) is 18.6 Å². The highest BCUT2D eigenvalue weighted by molar-refractivity contribution is 7.53. The van der Waals surface area contributed by atoms with Crippen molar-refractivity contribution in [1.29, 1.82) is 0 Å². The fourth-order valence-electron chi connectivity index (χ4n) is 1.66. The SMILES string of the molecule is NC(=O)c1ncn([C@H]2CC(=O)[C@@H](COP(=O)(O)C(F)F)O2)n1. The molecule has 0 aliphatic carbocycles. The largest absolute Gasteiger partial charge is 0.394 e. The lowest BCUT2D eigenvalue weighted by atomic mass is 10.2. The van der Waals surface area contributed by atoms with E-state index in [2.05, 4.69) is 14.6 Å². The summed E-state index contributed by atoms with van der Waals surface area (Å²) in [6.45, 7) is -0.801.